The number of furan rings is 1. The Hall–Kier alpha value is -3.69. The molecule has 1 aromatic carbocycles. The fourth-order valence-corrected chi connectivity index (χ4v) is 2.60. The van der Waals surface area contributed by atoms with Crippen molar-refractivity contribution in [2.75, 3.05) is 18.5 Å². The van der Waals surface area contributed by atoms with E-state index in [0.29, 0.717) is 6.42 Å². The van der Waals surface area contributed by atoms with Gasteiger partial charge in [0.25, 0.3) is 11.8 Å². The minimum absolute atomic E-state index is 0.0156. The van der Waals surface area contributed by atoms with Gasteiger partial charge in [0, 0.05) is 6.42 Å². The number of hydrogen-bond donors (Lipinski definition) is 2. The van der Waals surface area contributed by atoms with Crippen molar-refractivity contribution in [2.45, 2.75) is 26.7 Å². The molecule has 3 N–H and O–H groups in total. The van der Waals surface area contributed by atoms with Crippen LogP contribution < -0.4 is 11.1 Å². The normalized spacial score (nSPS) is 10.4. The summed E-state index contributed by atoms with van der Waals surface area (Å²) in [5.41, 5.74) is 5.52. The van der Waals surface area contributed by atoms with Crippen molar-refractivity contribution in [1.82, 2.24) is 0 Å². The molecule has 0 fully saturated rings. The zero-order valence-electron chi connectivity index (χ0n) is 16.5. The maximum atomic E-state index is 12.9. The molecule has 1 aromatic heterocycles. The number of anilines is 1. The van der Waals surface area contributed by atoms with Gasteiger partial charge in [-0.2, -0.15) is 0 Å². The topological polar surface area (TPSA) is 138 Å². The van der Waals surface area contributed by atoms with Gasteiger partial charge in [0.15, 0.2) is 6.61 Å². The number of ether oxygens (including phenoxy) is 2. The van der Waals surface area contributed by atoms with E-state index in [-0.39, 0.29) is 41.6 Å². The van der Waals surface area contributed by atoms with Crippen LogP contribution in [0.4, 0.5) is 10.3 Å². The van der Waals surface area contributed by atoms with Crippen molar-refractivity contribution in [3.05, 3.63) is 52.5 Å². The number of rotatable bonds is 9. The van der Waals surface area contributed by atoms with Crippen molar-refractivity contribution in [1.29, 1.82) is 0 Å². The van der Waals surface area contributed by atoms with Gasteiger partial charge < -0.3 is 19.6 Å². The standard InChI is InChI=1S/C20H21FN2O7/c1-3-28-20(27)16-11(2)30-19(17(16)18(22)26)23-14(24)10-29-15(25)9-6-12-4-7-13(21)8-5-12/h4-5,7-8H,3,6,9-10H2,1-2H3,(H2,22,26)(H,23,24). The lowest BCUT2D eigenvalue weighted by Crippen LogP contribution is -2.23. The van der Waals surface area contributed by atoms with Gasteiger partial charge in [-0.15, -0.1) is 0 Å². The molecule has 30 heavy (non-hydrogen) atoms. The van der Waals surface area contributed by atoms with E-state index < -0.39 is 30.4 Å². The predicted octanol–water partition coefficient (Wildman–Crippen LogP) is 2.12. The average Bonchev–Trinajstić information content (AvgIpc) is 3.02. The Bertz CT molecular complexity index is 951. The van der Waals surface area contributed by atoms with Gasteiger partial charge in [0.2, 0.25) is 5.88 Å². The summed E-state index contributed by atoms with van der Waals surface area (Å²) in [6.07, 6.45) is 0.297. The van der Waals surface area contributed by atoms with Crippen LogP contribution >= 0.6 is 0 Å². The highest BCUT2D eigenvalue weighted by molar-refractivity contribution is 6.10. The molecular weight excluding hydrogens is 399 g/mol. The quantitative estimate of drug-likeness (QED) is 0.593. The molecule has 0 saturated carbocycles. The predicted molar refractivity (Wildman–Crippen MR) is 102 cm³/mol. The molecule has 10 heteroatoms. The van der Waals surface area contributed by atoms with Gasteiger partial charge in [-0.1, -0.05) is 12.1 Å². The first kappa shape index (κ1) is 22.6. The van der Waals surface area contributed by atoms with E-state index in [1.54, 1.807) is 19.1 Å². The number of carbonyl (C=O) groups is 4. The first-order chi connectivity index (χ1) is 14.2. The summed E-state index contributed by atoms with van der Waals surface area (Å²) in [5.74, 6) is -3.94. The fourth-order valence-electron chi connectivity index (χ4n) is 2.60. The number of nitrogens with two attached hydrogens (primary N) is 1. The molecule has 9 nitrogen and oxygen atoms in total. The fraction of sp³-hybridized carbons (Fsp3) is 0.300. The lowest BCUT2D eigenvalue weighted by Gasteiger charge is -2.06. The van der Waals surface area contributed by atoms with Crippen molar-refractivity contribution in [3.8, 4) is 0 Å². The Morgan fingerprint density at radius 2 is 1.77 bits per heavy atom. The van der Waals surface area contributed by atoms with Gasteiger partial charge in [-0.25, -0.2) is 9.18 Å². The van der Waals surface area contributed by atoms with Crippen LogP contribution in [0.5, 0.6) is 0 Å². The molecule has 0 atom stereocenters. The number of carbonyl (C=O) groups excluding carboxylic acids is 4. The first-order valence-electron chi connectivity index (χ1n) is 9.03. The molecule has 160 valence electrons. The largest absolute Gasteiger partial charge is 0.462 e. The Labute approximate surface area is 171 Å². The Balaban J connectivity index is 1.95. The van der Waals surface area contributed by atoms with Gasteiger partial charge in [0.05, 0.1) is 6.61 Å². The third-order valence-electron chi connectivity index (χ3n) is 3.96. The van der Waals surface area contributed by atoms with E-state index in [4.69, 9.17) is 19.6 Å². The maximum absolute atomic E-state index is 12.9. The lowest BCUT2D eigenvalue weighted by molar-refractivity contribution is -0.147. The number of amides is 2. The summed E-state index contributed by atoms with van der Waals surface area (Å²) in [4.78, 5) is 47.6. The molecule has 0 saturated heterocycles. The molecule has 0 aliphatic heterocycles. The van der Waals surface area contributed by atoms with E-state index >= 15 is 0 Å². The van der Waals surface area contributed by atoms with Crippen LogP contribution in [0.3, 0.4) is 0 Å². The molecule has 2 amide bonds. The second-order valence-corrected chi connectivity index (χ2v) is 6.16. The van der Waals surface area contributed by atoms with Gasteiger partial charge in [-0.05, 0) is 38.0 Å². The van der Waals surface area contributed by atoms with E-state index in [1.807, 2.05) is 0 Å². The third kappa shape index (κ3) is 5.90. The van der Waals surface area contributed by atoms with Crippen LogP contribution in [-0.4, -0.2) is 37.0 Å². The smallest absolute Gasteiger partial charge is 0.342 e. The molecule has 0 radical (unpaired) electrons. The monoisotopic (exact) mass is 420 g/mol. The number of primary amides is 1. The second kappa shape index (κ2) is 10.2. The Morgan fingerprint density at radius 3 is 2.37 bits per heavy atom. The number of hydrogen-bond acceptors (Lipinski definition) is 7. The van der Waals surface area contributed by atoms with Crippen molar-refractivity contribution in [2.24, 2.45) is 5.73 Å². The lowest BCUT2D eigenvalue weighted by atomic mass is 10.1. The number of aryl methyl sites for hydroxylation is 2. The highest BCUT2D eigenvalue weighted by Gasteiger charge is 2.29. The van der Waals surface area contributed by atoms with Crippen LogP contribution in [0.15, 0.2) is 28.7 Å². The Morgan fingerprint density at radius 1 is 1.10 bits per heavy atom. The summed E-state index contributed by atoms with van der Waals surface area (Å²) in [6, 6.07) is 5.64. The molecule has 2 aromatic rings. The second-order valence-electron chi connectivity index (χ2n) is 6.16. The van der Waals surface area contributed by atoms with E-state index in [1.165, 1.54) is 19.1 Å². The summed E-state index contributed by atoms with van der Waals surface area (Å²) in [6.45, 7) is 2.42. The first-order valence-corrected chi connectivity index (χ1v) is 9.03. The summed E-state index contributed by atoms with van der Waals surface area (Å²) >= 11 is 0. The molecule has 2 rings (SSSR count). The van der Waals surface area contributed by atoms with Crippen molar-refractivity contribution >= 4 is 29.6 Å². The van der Waals surface area contributed by atoms with Gasteiger partial charge in [-0.3, -0.25) is 19.7 Å². The number of nitrogens with one attached hydrogen (secondary N) is 1. The highest BCUT2D eigenvalue weighted by atomic mass is 19.1. The van der Waals surface area contributed by atoms with E-state index in [0.717, 1.165) is 5.56 Å². The summed E-state index contributed by atoms with van der Waals surface area (Å²) in [5, 5.41) is 2.25. The van der Waals surface area contributed by atoms with Crippen molar-refractivity contribution < 1.29 is 37.5 Å². The highest BCUT2D eigenvalue weighted by Crippen LogP contribution is 2.27. The van der Waals surface area contributed by atoms with Crippen LogP contribution in [0.25, 0.3) is 0 Å². The third-order valence-corrected chi connectivity index (χ3v) is 3.96. The minimum atomic E-state index is -0.999. The van der Waals surface area contributed by atoms with E-state index in [2.05, 4.69) is 5.32 Å². The number of benzene rings is 1. The summed E-state index contributed by atoms with van der Waals surface area (Å²) < 4.78 is 27.9. The van der Waals surface area contributed by atoms with Crippen molar-refractivity contribution in [3.63, 3.8) is 0 Å². The van der Waals surface area contributed by atoms with E-state index in [9.17, 15) is 23.6 Å². The maximum Gasteiger partial charge on any atom is 0.342 e. The SMILES string of the molecule is CCOC(=O)c1c(C)oc(NC(=O)COC(=O)CCc2ccc(F)cc2)c1C(N)=O. The molecule has 0 unspecified atom stereocenters. The van der Waals surface area contributed by atoms with Gasteiger partial charge in [0.1, 0.15) is 22.7 Å². The number of esters is 2. The van der Waals surface area contributed by atoms with Gasteiger partial charge >= 0.3 is 11.9 Å². The van der Waals surface area contributed by atoms with Crippen LogP contribution in [-0.2, 0) is 25.5 Å². The average molecular weight is 420 g/mol. The Kier molecular flexibility index (Phi) is 7.68. The zero-order valence-corrected chi connectivity index (χ0v) is 16.5. The number of halogens is 1. The van der Waals surface area contributed by atoms with Crippen LogP contribution in [0, 0.1) is 12.7 Å². The molecule has 0 spiro atoms. The molecule has 1 heterocycles. The minimum Gasteiger partial charge on any atom is -0.462 e. The molecule has 0 aliphatic rings. The molecule has 0 bridgehead atoms. The molecular formula is C20H21FN2O7. The zero-order chi connectivity index (χ0) is 22.3. The van der Waals surface area contributed by atoms with Crippen LogP contribution in [0.1, 0.15) is 45.4 Å². The summed E-state index contributed by atoms with van der Waals surface area (Å²) in [7, 11) is 0. The molecule has 0 aliphatic carbocycles. The van der Waals surface area contributed by atoms with Crippen LogP contribution in [0.2, 0.25) is 0 Å².